The fraction of sp³-hybridized carbons (Fsp3) is 0.364. The summed E-state index contributed by atoms with van der Waals surface area (Å²) in [5.41, 5.74) is 1.68. The zero-order chi connectivity index (χ0) is 20.5. The van der Waals surface area contributed by atoms with Gasteiger partial charge in [0.2, 0.25) is 5.91 Å². The number of nitrogens with one attached hydrogen (secondary N) is 1. The molecule has 5 nitrogen and oxygen atoms in total. The molecule has 7 heteroatoms. The molecule has 2 aliphatic rings. The second kappa shape index (κ2) is 7.81. The Bertz CT molecular complexity index is 908. The average molecular weight is 399 g/mol. The van der Waals surface area contributed by atoms with Crippen LogP contribution in [0.25, 0.3) is 11.1 Å². The first-order valence-electron chi connectivity index (χ1n) is 9.80. The number of nitrogens with zero attached hydrogens (tertiary/aromatic N) is 2. The summed E-state index contributed by atoms with van der Waals surface area (Å²) in [6.45, 7) is 1.26. The van der Waals surface area contributed by atoms with Crippen molar-refractivity contribution in [2.45, 2.75) is 25.3 Å². The third kappa shape index (κ3) is 4.39. The molecule has 2 aromatic carbocycles. The van der Waals surface area contributed by atoms with E-state index in [-0.39, 0.29) is 23.9 Å². The van der Waals surface area contributed by atoms with Crippen molar-refractivity contribution in [3.63, 3.8) is 0 Å². The third-order valence-corrected chi connectivity index (χ3v) is 5.60. The fourth-order valence-corrected chi connectivity index (χ4v) is 3.69. The number of likely N-dealkylation sites (N-methyl/N-ethyl adjacent to an activating group) is 1. The Balaban J connectivity index is 1.36. The molecule has 1 N–H and O–H groups in total. The lowest BCUT2D eigenvalue weighted by molar-refractivity contribution is -0.131. The largest absolute Gasteiger partial charge is 0.340 e. The summed E-state index contributed by atoms with van der Waals surface area (Å²) in [6, 6.07) is 9.90. The van der Waals surface area contributed by atoms with Crippen LogP contribution in [0.2, 0.25) is 0 Å². The van der Waals surface area contributed by atoms with Crippen LogP contribution >= 0.6 is 0 Å². The van der Waals surface area contributed by atoms with Crippen molar-refractivity contribution in [2.75, 3.05) is 25.5 Å². The smallest absolute Gasteiger partial charge is 0.321 e. The number of hydrogen-bond acceptors (Lipinski definition) is 2. The zero-order valence-corrected chi connectivity index (χ0v) is 16.2. The normalized spacial score (nSPS) is 18.6. The predicted octanol–water partition coefficient (Wildman–Crippen LogP) is 4.11. The van der Waals surface area contributed by atoms with Crippen LogP contribution in [-0.2, 0) is 4.79 Å². The summed E-state index contributed by atoms with van der Waals surface area (Å²) in [6.07, 6.45) is 2.73. The van der Waals surface area contributed by atoms with Gasteiger partial charge in [0.1, 0.15) is 11.6 Å². The van der Waals surface area contributed by atoms with E-state index < -0.39 is 11.6 Å². The Hall–Kier alpha value is -2.96. The van der Waals surface area contributed by atoms with Crippen LogP contribution in [0, 0.1) is 17.6 Å². The lowest BCUT2D eigenvalue weighted by Gasteiger charge is -2.25. The Morgan fingerprint density at radius 1 is 1.00 bits per heavy atom. The van der Waals surface area contributed by atoms with E-state index in [2.05, 4.69) is 5.32 Å². The van der Waals surface area contributed by atoms with Gasteiger partial charge in [-0.05, 0) is 54.7 Å². The number of rotatable bonds is 4. The number of likely N-dealkylation sites (tertiary alicyclic amines) is 1. The maximum absolute atomic E-state index is 13.4. The van der Waals surface area contributed by atoms with Crippen LogP contribution in [-0.4, -0.2) is 47.9 Å². The van der Waals surface area contributed by atoms with Gasteiger partial charge in [0, 0.05) is 37.8 Å². The lowest BCUT2D eigenvalue weighted by Crippen LogP contribution is -2.42. The molecule has 0 spiro atoms. The highest BCUT2D eigenvalue weighted by Gasteiger charge is 2.38. The van der Waals surface area contributed by atoms with Gasteiger partial charge < -0.3 is 15.1 Å². The van der Waals surface area contributed by atoms with Crippen molar-refractivity contribution in [1.82, 2.24) is 9.80 Å². The van der Waals surface area contributed by atoms with Crippen LogP contribution in [0.5, 0.6) is 0 Å². The van der Waals surface area contributed by atoms with E-state index in [0.717, 1.165) is 25.3 Å². The average Bonchev–Trinajstić information content (AvgIpc) is 3.43. The summed E-state index contributed by atoms with van der Waals surface area (Å²) in [5.74, 6) is -0.863. The SMILES string of the molecule is CN(C(=O)Nc1ccc(-c2cc(F)cc(F)c2)cc1)[C@@H]1CCN(C(=O)C2CC2)C1. The van der Waals surface area contributed by atoms with E-state index >= 15 is 0 Å². The second-order valence-corrected chi connectivity index (χ2v) is 7.78. The number of halogens is 2. The monoisotopic (exact) mass is 399 g/mol. The Kier molecular flexibility index (Phi) is 5.22. The van der Waals surface area contributed by atoms with Crippen molar-refractivity contribution in [3.05, 3.63) is 54.1 Å². The molecule has 152 valence electrons. The third-order valence-electron chi connectivity index (χ3n) is 5.60. The molecule has 1 atom stereocenters. The van der Waals surface area contributed by atoms with E-state index in [1.807, 2.05) is 4.90 Å². The van der Waals surface area contributed by atoms with Gasteiger partial charge in [0.15, 0.2) is 0 Å². The Morgan fingerprint density at radius 2 is 1.66 bits per heavy atom. The Morgan fingerprint density at radius 3 is 2.28 bits per heavy atom. The van der Waals surface area contributed by atoms with Crippen LogP contribution in [0.4, 0.5) is 19.3 Å². The molecule has 0 aromatic heterocycles. The number of carbonyl (C=O) groups excluding carboxylic acids is 2. The maximum atomic E-state index is 13.4. The summed E-state index contributed by atoms with van der Waals surface area (Å²) in [4.78, 5) is 28.3. The molecule has 0 unspecified atom stereocenters. The van der Waals surface area contributed by atoms with Gasteiger partial charge in [0.25, 0.3) is 0 Å². The molecule has 1 saturated heterocycles. The number of amides is 3. The molecule has 1 aliphatic carbocycles. The number of anilines is 1. The minimum atomic E-state index is -0.634. The quantitative estimate of drug-likeness (QED) is 0.841. The van der Waals surface area contributed by atoms with Gasteiger partial charge in [-0.25, -0.2) is 13.6 Å². The zero-order valence-electron chi connectivity index (χ0n) is 16.2. The molecule has 1 aliphatic heterocycles. The number of hydrogen-bond donors (Lipinski definition) is 1. The lowest BCUT2D eigenvalue weighted by atomic mass is 10.1. The first-order valence-corrected chi connectivity index (χ1v) is 9.80. The van der Waals surface area contributed by atoms with Crippen LogP contribution in [0.3, 0.4) is 0 Å². The van der Waals surface area contributed by atoms with Crippen molar-refractivity contribution >= 4 is 17.6 Å². The molecule has 0 radical (unpaired) electrons. The molecule has 3 amide bonds. The summed E-state index contributed by atoms with van der Waals surface area (Å²) >= 11 is 0. The van der Waals surface area contributed by atoms with Gasteiger partial charge in [-0.2, -0.15) is 0 Å². The van der Waals surface area contributed by atoms with Gasteiger partial charge in [-0.15, -0.1) is 0 Å². The summed E-state index contributed by atoms with van der Waals surface area (Å²) < 4.78 is 26.8. The first-order chi connectivity index (χ1) is 13.9. The highest BCUT2D eigenvalue weighted by molar-refractivity contribution is 5.90. The summed E-state index contributed by atoms with van der Waals surface area (Å²) in [7, 11) is 1.73. The topological polar surface area (TPSA) is 52.7 Å². The van der Waals surface area contributed by atoms with E-state index in [1.165, 1.54) is 12.1 Å². The molecule has 29 heavy (non-hydrogen) atoms. The second-order valence-electron chi connectivity index (χ2n) is 7.78. The van der Waals surface area contributed by atoms with E-state index in [0.29, 0.717) is 29.9 Å². The van der Waals surface area contributed by atoms with Crippen LogP contribution < -0.4 is 5.32 Å². The molecule has 1 saturated carbocycles. The van der Waals surface area contributed by atoms with Crippen molar-refractivity contribution in [2.24, 2.45) is 5.92 Å². The van der Waals surface area contributed by atoms with E-state index in [9.17, 15) is 18.4 Å². The van der Waals surface area contributed by atoms with Crippen molar-refractivity contribution < 1.29 is 18.4 Å². The minimum Gasteiger partial charge on any atom is -0.340 e. The number of urea groups is 1. The highest BCUT2D eigenvalue weighted by atomic mass is 19.1. The first kappa shape index (κ1) is 19.4. The van der Waals surface area contributed by atoms with Crippen molar-refractivity contribution in [3.8, 4) is 11.1 Å². The van der Waals surface area contributed by atoms with Gasteiger partial charge >= 0.3 is 6.03 Å². The van der Waals surface area contributed by atoms with Crippen LogP contribution in [0.1, 0.15) is 19.3 Å². The number of benzene rings is 2. The number of carbonyl (C=O) groups is 2. The Labute approximate surface area is 168 Å². The summed E-state index contributed by atoms with van der Waals surface area (Å²) in [5, 5.41) is 2.83. The van der Waals surface area contributed by atoms with Gasteiger partial charge in [0.05, 0.1) is 6.04 Å². The van der Waals surface area contributed by atoms with Crippen molar-refractivity contribution in [1.29, 1.82) is 0 Å². The molecule has 2 aromatic rings. The standard InChI is InChI=1S/C22H23F2N3O2/c1-26(20-8-9-27(13-20)21(28)15-2-3-15)22(29)25-19-6-4-14(5-7-19)16-10-17(23)12-18(24)11-16/h4-7,10-12,15,20H,2-3,8-9,13H2,1H3,(H,25,29)/t20-/m1/s1. The van der Waals surface area contributed by atoms with Gasteiger partial charge in [-0.1, -0.05) is 12.1 Å². The fourth-order valence-electron chi connectivity index (χ4n) is 3.69. The predicted molar refractivity (Wildman–Crippen MR) is 106 cm³/mol. The van der Waals surface area contributed by atoms with E-state index in [4.69, 9.17) is 0 Å². The highest BCUT2D eigenvalue weighted by Crippen LogP contribution is 2.32. The maximum Gasteiger partial charge on any atom is 0.321 e. The molecular weight excluding hydrogens is 376 g/mol. The minimum absolute atomic E-state index is 0.00718. The van der Waals surface area contributed by atoms with Gasteiger partial charge in [-0.3, -0.25) is 4.79 Å². The molecule has 1 heterocycles. The molecule has 2 fully saturated rings. The molecular formula is C22H23F2N3O2. The molecule has 4 rings (SSSR count). The van der Waals surface area contributed by atoms with E-state index in [1.54, 1.807) is 36.2 Å². The van der Waals surface area contributed by atoms with Crippen LogP contribution in [0.15, 0.2) is 42.5 Å². The molecule has 0 bridgehead atoms.